The van der Waals surface area contributed by atoms with Crippen LogP contribution in [0.15, 0.2) is 0 Å². The highest BCUT2D eigenvalue weighted by molar-refractivity contribution is 5.71. The van der Waals surface area contributed by atoms with Crippen molar-refractivity contribution in [1.29, 1.82) is 0 Å². The molecule has 0 aliphatic rings. The Morgan fingerprint density at radius 1 is 1.50 bits per heavy atom. The van der Waals surface area contributed by atoms with Gasteiger partial charge in [0.15, 0.2) is 5.82 Å². The van der Waals surface area contributed by atoms with Crippen molar-refractivity contribution in [2.75, 3.05) is 19.7 Å². The lowest BCUT2D eigenvalue weighted by Crippen LogP contribution is -2.31. The Labute approximate surface area is 94.4 Å². The van der Waals surface area contributed by atoms with Gasteiger partial charge < -0.3 is 4.74 Å². The van der Waals surface area contributed by atoms with E-state index in [1.165, 1.54) is 4.80 Å². The van der Waals surface area contributed by atoms with Crippen molar-refractivity contribution in [2.45, 2.75) is 20.4 Å². The average Bonchev–Trinajstić information content (AvgIpc) is 2.63. The monoisotopic (exact) mass is 227 g/mol. The number of hydrogen-bond donors (Lipinski definition) is 0. The molecular weight excluding hydrogens is 210 g/mol. The zero-order chi connectivity index (χ0) is 12.0. The quantitative estimate of drug-likeness (QED) is 0.615. The van der Waals surface area contributed by atoms with Crippen LogP contribution < -0.4 is 0 Å². The standard InChI is InChI=1S/C9H17N5O2/c1-4-14(7-9(15)16-5-2)6-8-10-12-13(3)11-8/h4-7H2,1-3H3. The van der Waals surface area contributed by atoms with Crippen LogP contribution >= 0.6 is 0 Å². The predicted molar refractivity (Wildman–Crippen MR) is 56.4 cm³/mol. The maximum absolute atomic E-state index is 11.3. The molecule has 0 saturated carbocycles. The number of rotatable bonds is 6. The van der Waals surface area contributed by atoms with Gasteiger partial charge in [-0.05, 0) is 18.7 Å². The van der Waals surface area contributed by atoms with Crippen LogP contribution in [0.2, 0.25) is 0 Å². The van der Waals surface area contributed by atoms with Crippen LogP contribution in [-0.2, 0) is 23.1 Å². The van der Waals surface area contributed by atoms with E-state index in [0.29, 0.717) is 19.0 Å². The third kappa shape index (κ3) is 3.93. The number of nitrogens with zero attached hydrogens (tertiary/aromatic N) is 5. The van der Waals surface area contributed by atoms with E-state index in [0.717, 1.165) is 6.54 Å². The van der Waals surface area contributed by atoms with Gasteiger partial charge >= 0.3 is 5.97 Å². The molecule has 1 rings (SSSR count). The lowest BCUT2D eigenvalue weighted by atomic mass is 10.4. The van der Waals surface area contributed by atoms with Gasteiger partial charge in [-0.1, -0.05) is 6.92 Å². The van der Waals surface area contributed by atoms with Crippen LogP contribution in [0.3, 0.4) is 0 Å². The first-order valence-corrected chi connectivity index (χ1v) is 5.26. The third-order valence-corrected chi connectivity index (χ3v) is 2.02. The first kappa shape index (κ1) is 12.6. The van der Waals surface area contributed by atoms with Gasteiger partial charge in [0.1, 0.15) is 0 Å². The molecule has 1 heterocycles. The summed E-state index contributed by atoms with van der Waals surface area (Å²) in [6, 6.07) is 0. The number of aryl methyl sites for hydroxylation is 1. The van der Waals surface area contributed by atoms with Crippen LogP contribution in [0.1, 0.15) is 19.7 Å². The fourth-order valence-corrected chi connectivity index (χ4v) is 1.26. The Kier molecular flexibility index (Phi) is 4.84. The Bertz CT molecular complexity index is 338. The topological polar surface area (TPSA) is 73.1 Å². The minimum absolute atomic E-state index is 0.228. The second-order valence-corrected chi connectivity index (χ2v) is 3.30. The molecule has 0 unspecified atom stereocenters. The number of esters is 1. The maximum atomic E-state index is 11.3. The van der Waals surface area contributed by atoms with E-state index in [-0.39, 0.29) is 12.5 Å². The predicted octanol–water partition coefficient (Wildman–Crippen LogP) is -0.405. The maximum Gasteiger partial charge on any atom is 0.320 e. The molecule has 0 atom stereocenters. The number of tetrazole rings is 1. The molecular formula is C9H17N5O2. The molecule has 7 heteroatoms. The Hall–Kier alpha value is -1.50. The van der Waals surface area contributed by atoms with Gasteiger partial charge in [-0.25, -0.2) is 0 Å². The molecule has 0 fully saturated rings. The highest BCUT2D eigenvalue weighted by Gasteiger charge is 2.12. The molecule has 0 amide bonds. The molecule has 0 bridgehead atoms. The van der Waals surface area contributed by atoms with Crippen molar-refractivity contribution in [3.63, 3.8) is 0 Å². The van der Waals surface area contributed by atoms with Crippen LogP contribution in [0.4, 0.5) is 0 Å². The smallest absolute Gasteiger partial charge is 0.320 e. The summed E-state index contributed by atoms with van der Waals surface area (Å²) in [5.41, 5.74) is 0. The molecule has 0 N–H and O–H groups in total. The number of likely N-dealkylation sites (N-methyl/N-ethyl adjacent to an activating group) is 1. The molecule has 0 saturated heterocycles. The minimum Gasteiger partial charge on any atom is -0.465 e. The zero-order valence-electron chi connectivity index (χ0n) is 9.88. The van der Waals surface area contributed by atoms with E-state index in [1.807, 2.05) is 11.8 Å². The highest BCUT2D eigenvalue weighted by atomic mass is 16.5. The number of carbonyl (C=O) groups is 1. The molecule has 16 heavy (non-hydrogen) atoms. The summed E-state index contributed by atoms with van der Waals surface area (Å²) >= 11 is 0. The Morgan fingerprint density at radius 2 is 2.25 bits per heavy atom. The van der Waals surface area contributed by atoms with Crippen molar-refractivity contribution >= 4 is 5.97 Å². The molecule has 1 aromatic rings. The van der Waals surface area contributed by atoms with Crippen LogP contribution in [0.25, 0.3) is 0 Å². The summed E-state index contributed by atoms with van der Waals surface area (Å²) in [4.78, 5) is 14.6. The molecule has 0 aliphatic heterocycles. The van der Waals surface area contributed by atoms with E-state index in [2.05, 4.69) is 15.4 Å². The minimum atomic E-state index is -0.228. The zero-order valence-corrected chi connectivity index (χ0v) is 9.88. The van der Waals surface area contributed by atoms with E-state index in [4.69, 9.17) is 4.74 Å². The van der Waals surface area contributed by atoms with Crippen LogP contribution in [-0.4, -0.2) is 50.8 Å². The Balaban J connectivity index is 2.45. The summed E-state index contributed by atoms with van der Waals surface area (Å²) in [6.07, 6.45) is 0. The van der Waals surface area contributed by atoms with Crippen molar-refractivity contribution < 1.29 is 9.53 Å². The van der Waals surface area contributed by atoms with Crippen LogP contribution in [0.5, 0.6) is 0 Å². The molecule has 0 radical (unpaired) electrons. The molecule has 0 spiro atoms. The molecule has 90 valence electrons. The van der Waals surface area contributed by atoms with Crippen LogP contribution in [0, 0.1) is 0 Å². The summed E-state index contributed by atoms with van der Waals surface area (Å²) < 4.78 is 4.87. The van der Waals surface area contributed by atoms with Crippen molar-refractivity contribution in [2.24, 2.45) is 7.05 Å². The number of hydrogen-bond acceptors (Lipinski definition) is 6. The van der Waals surface area contributed by atoms with Gasteiger partial charge in [-0.3, -0.25) is 9.69 Å². The van der Waals surface area contributed by atoms with Crippen molar-refractivity contribution in [3.8, 4) is 0 Å². The fraction of sp³-hybridized carbons (Fsp3) is 0.778. The molecule has 7 nitrogen and oxygen atoms in total. The van der Waals surface area contributed by atoms with E-state index in [9.17, 15) is 4.79 Å². The normalized spacial score (nSPS) is 10.8. The first-order valence-electron chi connectivity index (χ1n) is 5.26. The lowest BCUT2D eigenvalue weighted by Gasteiger charge is -2.16. The summed E-state index contributed by atoms with van der Waals surface area (Å²) in [5, 5.41) is 11.6. The Morgan fingerprint density at radius 3 is 2.75 bits per heavy atom. The lowest BCUT2D eigenvalue weighted by molar-refractivity contribution is -0.144. The van der Waals surface area contributed by atoms with Gasteiger partial charge in [0.05, 0.1) is 26.7 Å². The van der Waals surface area contributed by atoms with Gasteiger partial charge in [0, 0.05) is 0 Å². The number of carbonyl (C=O) groups excluding carboxylic acids is 1. The van der Waals surface area contributed by atoms with Gasteiger partial charge in [0.25, 0.3) is 0 Å². The van der Waals surface area contributed by atoms with Gasteiger partial charge in [-0.15, -0.1) is 10.2 Å². The summed E-state index contributed by atoms with van der Waals surface area (Å²) in [6.45, 7) is 5.65. The summed E-state index contributed by atoms with van der Waals surface area (Å²) in [7, 11) is 1.71. The van der Waals surface area contributed by atoms with E-state index < -0.39 is 0 Å². The van der Waals surface area contributed by atoms with E-state index >= 15 is 0 Å². The average molecular weight is 227 g/mol. The molecule has 1 aromatic heterocycles. The van der Waals surface area contributed by atoms with Gasteiger partial charge in [0.2, 0.25) is 0 Å². The van der Waals surface area contributed by atoms with Gasteiger partial charge in [-0.2, -0.15) is 4.80 Å². The second-order valence-electron chi connectivity index (χ2n) is 3.30. The highest BCUT2D eigenvalue weighted by Crippen LogP contribution is 1.97. The van der Waals surface area contributed by atoms with E-state index in [1.54, 1.807) is 14.0 Å². The molecule has 0 aromatic carbocycles. The van der Waals surface area contributed by atoms with Crippen molar-refractivity contribution in [1.82, 2.24) is 25.1 Å². The molecule has 0 aliphatic carbocycles. The van der Waals surface area contributed by atoms with Crippen molar-refractivity contribution in [3.05, 3.63) is 5.82 Å². The largest absolute Gasteiger partial charge is 0.465 e. The summed E-state index contributed by atoms with van der Waals surface area (Å²) in [5.74, 6) is 0.377. The first-order chi connectivity index (χ1) is 7.65. The fourth-order valence-electron chi connectivity index (χ4n) is 1.26. The number of ether oxygens (including phenoxy) is 1. The second kappa shape index (κ2) is 6.16. The number of aromatic nitrogens is 4. The SMILES string of the molecule is CCOC(=O)CN(CC)Cc1nnn(C)n1. The third-order valence-electron chi connectivity index (χ3n) is 2.02.